The molecule has 29 heavy (non-hydrogen) atoms. The molecule has 2 aromatic rings. The van der Waals surface area contributed by atoms with Gasteiger partial charge in [-0.2, -0.15) is 0 Å². The number of halogens is 2. The molecule has 0 saturated carbocycles. The highest BCUT2D eigenvalue weighted by molar-refractivity contribution is 5.96. The predicted molar refractivity (Wildman–Crippen MR) is 114 cm³/mol. The first kappa shape index (κ1) is 22.6. The molecule has 156 valence electrons. The topological polar surface area (TPSA) is 73.5 Å². The second-order valence-electron chi connectivity index (χ2n) is 7.10. The van der Waals surface area contributed by atoms with Gasteiger partial charge in [-0.05, 0) is 55.8 Å². The fourth-order valence-electron chi connectivity index (χ4n) is 3.25. The van der Waals surface area contributed by atoms with Crippen molar-refractivity contribution in [1.82, 2.24) is 15.5 Å². The number of hydrogen-bond donors (Lipinski definition) is 3. The van der Waals surface area contributed by atoms with Crippen LogP contribution in [0.4, 0.5) is 14.9 Å². The molecule has 1 fully saturated rings. The lowest BCUT2D eigenvalue weighted by Crippen LogP contribution is -2.48. The van der Waals surface area contributed by atoms with E-state index >= 15 is 0 Å². The summed E-state index contributed by atoms with van der Waals surface area (Å²) >= 11 is 0. The van der Waals surface area contributed by atoms with Gasteiger partial charge >= 0.3 is 6.03 Å². The largest absolute Gasteiger partial charge is 0.336 e. The number of rotatable bonds is 4. The van der Waals surface area contributed by atoms with E-state index in [1.54, 1.807) is 35.2 Å². The number of carbonyl (C=O) groups is 2. The number of piperazine rings is 1. The number of amides is 3. The van der Waals surface area contributed by atoms with E-state index in [9.17, 15) is 14.0 Å². The number of hydrogen-bond acceptors (Lipinski definition) is 3. The molecular formula is C21H26ClFN4O2. The van der Waals surface area contributed by atoms with Crippen molar-refractivity contribution in [2.24, 2.45) is 0 Å². The third-order valence-electron chi connectivity index (χ3n) is 4.55. The molecule has 0 aromatic heterocycles. The Hall–Kier alpha value is -2.64. The molecule has 3 N–H and O–H groups in total. The van der Waals surface area contributed by atoms with Gasteiger partial charge in [-0.25, -0.2) is 9.18 Å². The molecular weight excluding hydrogens is 395 g/mol. The number of urea groups is 1. The van der Waals surface area contributed by atoms with Crippen molar-refractivity contribution >= 4 is 30.0 Å². The van der Waals surface area contributed by atoms with Gasteiger partial charge in [-0.15, -0.1) is 12.4 Å². The molecule has 1 unspecified atom stereocenters. The SMILES string of the molecule is CC(C)NC(=O)Nc1ccc(C(=O)N2CCNCC2c2cccc(F)c2)cc1.Cl. The average molecular weight is 421 g/mol. The highest BCUT2D eigenvalue weighted by Gasteiger charge is 2.28. The number of carbonyl (C=O) groups excluding carboxylic acids is 2. The molecule has 1 heterocycles. The molecule has 0 aliphatic carbocycles. The summed E-state index contributed by atoms with van der Waals surface area (Å²) in [5.74, 6) is -0.431. The Labute approximate surface area is 176 Å². The second kappa shape index (κ2) is 10.2. The summed E-state index contributed by atoms with van der Waals surface area (Å²) in [6.45, 7) is 5.56. The standard InChI is InChI=1S/C21H25FN4O2.ClH/c1-14(2)24-21(28)25-18-8-6-15(7-9-18)20(27)26-11-10-23-13-19(26)16-4-3-5-17(22)12-16;/h3-9,12,14,19,23H,10-11,13H2,1-2H3,(H2,24,25,28);1H. The molecule has 1 atom stereocenters. The van der Waals surface area contributed by atoms with Crippen molar-refractivity contribution in [2.45, 2.75) is 25.9 Å². The van der Waals surface area contributed by atoms with E-state index in [0.717, 1.165) is 5.56 Å². The maximum atomic E-state index is 13.6. The fourth-order valence-corrected chi connectivity index (χ4v) is 3.25. The Balaban J connectivity index is 0.00000300. The van der Waals surface area contributed by atoms with Gasteiger partial charge in [0.1, 0.15) is 5.82 Å². The minimum atomic E-state index is -0.314. The van der Waals surface area contributed by atoms with E-state index in [4.69, 9.17) is 0 Å². The van der Waals surface area contributed by atoms with Gasteiger partial charge < -0.3 is 20.9 Å². The zero-order valence-electron chi connectivity index (χ0n) is 16.4. The fraction of sp³-hybridized carbons (Fsp3) is 0.333. The van der Waals surface area contributed by atoms with E-state index in [1.165, 1.54) is 12.1 Å². The Bertz CT molecular complexity index is 845. The smallest absolute Gasteiger partial charge is 0.319 e. The molecule has 3 rings (SSSR count). The predicted octanol–water partition coefficient (Wildman–Crippen LogP) is 3.56. The molecule has 0 bridgehead atoms. The third kappa shape index (κ3) is 5.92. The lowest BCUT2D eigenvalue weighted by Gasteiger charge is -2.36. The van der Waals surface area contributed by atoms with Crippen LogP contribution >= 0.6 is 12.4 Å². The summed E-state index contributed by atoms with van der Waals surface area (Å²) in [5.41, 5.74) is 1.90. The first-order chi connectivity index (χ1) is 13.4. The minimum Gasteiger partial charge on any atom is -0.336 e. The van der Waals surface area contributed by atoms with Gasteiger partial charge in [0.05, 0.1) is 6.04 Å². The quantitative estimate of drug-likeness (QED) is 0.708. The summed E-state index contributed by atoms with van der Waals surface area (Å²) in [6, 6.07) is 12.7. The summed E-state index contributed by atoms with van der Waals surface area (Å²) in [4.78, 5) is 26.6. The second-order valence-corrected chi connectivity index (χ2v) is 7.10. The average Bonchev–Trinajstić information content (AvgIpc) is 2.67. The molecule has 2 aromatic carbocycles. The molecule has 0 spiro atoms. The van der Waals surface area contributed by atoms with Crippen molar-refractivity contribution in [3.63, 3.8) is 0 Å². The summed E-state index contributed by atoms with van der Waals surface area (Å²) in [5, 5.41) is 8.74. The zero-order chi connectivity index (χ0) is 20.1. The van der Waals surface area contributed by atoms with Crippen LogP contribution in [0.2, 0.25) is 0 Å². The van der Waals surface area contributed by atoms with Crippen LogP contribution in [0.25, 0.3) is 0 Å². The Morgan fingerprint density at radius 1 is 1.17 bits per heavy atom. The normalized spacial score (nSPS) is 16.1. The summed E-state index contributed by atoms with van der Waals surface area (Å²) < 4.78 is 13.6. The molecule has 8 heteroatoms. The van der Waals surface area contributed by atoms with Gasteiger partial charge in [-0.3, -0.25) is 4.79 Å². The third-order valence-corrected chi connectivity index (χ3v) is 4.55. The Morgan fingerprint density at radius 2 is 1.90 bits per heavy atom. The van der Waals surface area contributed by atoms with Gasteiger partial charge in [0.15, 0.2) is 0 Å². The number of benzene rings is 2. The van der Waals surface area contributed by atoms with Gasteiger partial charge in [0.2, 0.25) is 0 Å². The first-order valence-corrected chi connectivity index (χ1v) is 9.39. The van der Waals surface area contributed by atoms with Gasteiger partial charge in [-0.1, -0.05) is 12.1 Å². The van der Waals surface area contributed by atoms with Crippen LogP contribution in [-0.4, -0.2) is 42.5 Å². The van der Waals surface area contributed by atoms with Crippen molar-refractivity contribution in [2.75, 3.05) is 25.0 Å². The summed E-state index contributed by atoms with van der Waals surface area (Å²) in [7, 11) is 0. The molecule has 1 aliphatic rings. The Morgan fingerprint density at radius 3 is 2.55 bits per heavy atom. The van der Waals surface area contributed by atoms with Gasteiger partial charge in [0.25, 0.3) is 5.91 Å². The van der Waals surface area contributed by atoms with Crippen molar-refractivity contribution < 1.29 is 14.0 Å². The maximum absolute atomic E-state index is 13.6. The van der Waals surface area contributed by atoms with Crippen LogP contribution in [0.1, 0.15) is 35.8 Å². The molecule has 1 aliphatic heterocycles. The van der Waals surface area contributed by atoms with E-state index in [0.29, 0.717) is 30.9 Å². The molecule has 1 saturated heterocycles. The van der Waals surface area contributed by atoms with Crippen LogP contribution in [0.3, 0.4) is 0 Å². The van der Waals surface area contributed by atoms with Crippen molar-refractivity contribution in [3.05, 3.63) is 65.5 Å². The number of nitrogens with one attached hydrogen (secondary N) is 3. The van der Waals surface area contributed by atoms with Crippen LogP contribution in [0.5, 0.6) is 0 Å². The first-order valence-electron chi connectivity index (χ1n) is 9.39. The van der Waals surface area contributed by atoms with E-state index in [-0.39, 0.29) is 42.2 Å². The summed E-state index contributed by atoms with van der Waals surface area (Å²) in [6.07, 6.45) is 0. The molecule has 6 nitrogen and oxygen atoms in total. The van der Waals surface area contributed by atoms with Crippen LogP contribution in [0, 0.1) is 5.82 Å². The Kier molecular flexibility index (Phi) is 7.99. The lowest BCUT2D eigenvalue weighted by molar-refractivity contribution is 0.0634. The highest BCUT2D eigenvalue weighted by Crippen LogP contribution is 2.25. The van der Waals surface area contributed by atoms with E-state index in [1.807, 2.05) is 19.9 Å². The van der Waals surface area contributed by atoms with Crippen LogP contribution < -0.4 is 16.0 Å². The van der Waals surface area contributed by atoms with E-state index < -0.39 is 0 Å². The highest BCUT2D eigenvalue weighted by atomic mass is 35.5. The molecule has 3 amide bonds. The van der Waals surface area contributed by atoms with Crippen LogP contribution in [-0.2, 0) is 0 Å². The number of nitrogens with zero attached hydrogens (tertiary/aromatic N) is 1. The monoisotopic (exact) mass is 420 g/mol. The van der Waals surface area contributed by atoms with Gasteiger partial charge in [0, 0.05) is 36.9 Å². The van der Waals surface area contributed by atoms with Crippen molar-refractivity contribution in [3.8, 4) is 0 Å². The molecule has 0 radical (unpaired) electrons. The maximum Gasteiger partial charge on any atom is 0.319 e. The number of anilines is 1. The van der Waals surface area contributed by atoms with Crippen LogP contribution in [0.15, 0.2) is 48.5 Å². The minimum absolute atomic E-state index is 0. The zero-order valence-corrected chi connectivity index (χ0v) is 17.3. The lowest BCUT2D eigenvalue weighted by atomic mass is 10.0. The van der Waals surface area contributed by atoms with Crippen molar-refractivity contribution in [1.29, 1.82) is 0 Å². The van der Waals surface area contributed by atoms with E-state index in [2.05, 4.69) is 16.0 Å².